The number of para-hydroxylation sites is 1. The van der Waals surface area contributed by atoms with Gasteiger partial charge in [0.2, 0.25) is 0 Å². The Hall–Kier alpha value is -2.03. The van der Waals surface area contributed by atoms with Crippen molar-refractivity contribution in [3.05, 3.63) is 55.1 Å². The molecule has 0 atom stereocenters. The van der Waals surface area contributed by atoms with E-state index in [1.54, 1.807) is 24.3 Å². The highest BCUT2D eigenvalue weighted by Crippen LogP contribution is 2.09. The number of carboxylic acid groups (broad SMARTS) is 1. The molecule has 0 amide bonds. The number of rotatable bonds is 7. The van der Waals surface area contributed by atoms with Gasteiger partial charge in [0.15, 0.2) is 0 Å². The number of nitrogen functional groups attached to an aromatic ring is 1. The van der Waals surface area contributed by atoms with Gasteiger partial charge in [-0.05, 0) is 31.9 Å². The van der Waals surface area contributed by atoms with Crippen LogP contribution in [0.15, 0.2) is 49.6 Å². The first kappa shape index (κ1) is 22.3. The Kier molecular flexibility index (Phi) is 17.2. The molecule has 124 valence electrons. The lowest BCUT2D eigenvalue weighted by Crippen LogP contribution is -2.00. The van der Waals surface area contributed by atoms with E-state index in [9.17, 15) is 4.79 Å². The van der Waals surface area contributed by atoms with Crippen molar-refractivity contribution in [2.75, 3.05) is 5.73 Å². The van der Waals surface area contributed by atoms with Crippen molar-refractivity contribution in [3.8, 4) is 0 Å². The first-order valence-corrected chi connectivity index (χ1v) is 7.80. The number of carbonyl (C=O) groups is 1. The van der Waals surface area contributed by atoms with Crippen LogP contribution in [0.3, 0.4) is 0 Å². The third kappa shape index (κ3) is 14.4. The second-order valence-corrected chi connectivity index (χ2v) is 4.79. The molecule has 0 aliphatic heterocycles. The average molecular weight is 305 g/mol. The number of hydrogen-bond donors (Lipinski definition) is 2. The van der Waals surface area contributed by atoms with Gasteiger partial charge in [0.25, 0.3) is 0 Å². The highest BCUT2D eigenvalue weighted by Gasteiger charge is 2.03. The molecule has 0 unspecified atom stereocenters. The zero-order chi connectivity index (χ0) is 17.2. The molecule has 22 heavy (non-hydrogen) atoms. The van der Waals surface area contributed by atoms with E-state index >= 15 is 0 Å². The fraction of sp³-hybridized carbons (Fsp3) is 0.421. The van der Waals surface area contributed by atoms with Gasteiger partial charge < -0.3 is 10.8 Å². The number of hydrogen-bond acceptors (Lipinski definition) is 2. The predicted molar refractivity (Wildman–Crippen MR) is 97.3 cm³/mol. The first-order chi connectivity index (χ1) is 10.5. The number of anilines is 1. The normalized spacial score (nSPS) is 8.64. The number of aromatic carboxylic acids is 1. The maximum Gasteiger partial charge on any atom is 0.337 e. The van der Waals surface area contributed by atoms with Crippen LogP contribution in [-0.2, 0) is 0 Å². The van der Waals surface area contributed by atoms with Gasteiger partial charge in [0.1, 0.15) is 0 Å². The molecule has 0 bridgehead atoms. The Morgan fingerprint density at radius 2 is 1.73 bits per heavy atom. The minimum absolute atomic E-state index is 0.155. The van der Waals surface area contributed by atoms with Crippen LogP contribution < -0.4 is 5.73 Å². The van der Waals surface area contributed by atoms with Crippen LogP contribution >= 0.6 is 0 Å². The number of nitrogens with two attached hydrogens (primary N) is 1. The standard InChI is InChI=1S/C9H18.C7H7NO2.C3H6/c1-3-5-7-9-8-6-4-2;8-6-4-2-1-3-5(6)7(9)10;1-3-2/h3H,1,4-9H2,2H3;1-4H,8H2,(H,9,10);3H,1H2,2H3. The highest BCUT2D eigenvalue weighted by molar-refractivity contribution is 5.93. The largest absolute Gasteiger partial charge is 0.478 e. The van der Waals surface area contributed by atoms with Gasteiger partial charge >= 0.3 is 5.97 Å². The lowest BCUT2D eigenvalue weighted by atomic mass is 10.1. The summed E-state index contributed by atoms with van der Waals surface area (Å²) in [5.74, 6) is -0.988. The van der Waals surface area contributed by atoms with Crippen LogP contribution in [-0.4, -0.2) is 11.1 Å². The van der Waals surface area contributed by atoms with Crippen LogP contribution in [0.25, 0.3) is 0 Å². The summed E-state index contributed by atoms with van der Waals surface area (Å²) in [4.78, 5) is 10.3. The zero-order valence-electron chi connectivity index (χ0n) is 14.1. The molecule has 0 radical (unpaired) electrons. The van der Waals surface area contributed by atoms with Crippen molar-refractivity contribution in [1.82, 2.24) is 0 Å². The number of carboxylic acids is 1. The molecule has 1 aromatic carbocycles. The summed E-state index contributed by atoms with van der Waals surface area (Å²) >= 11 is 0. The third-order valence-electron chi connectivity index (χ3n) is 2.70. The molecule has 3 nitrogen and oxygen atoms in total. The van der Waals surface area contributed by atoms with Crippen molar-refractivity contribution in [2.24, 2.45) is 0 Å². The fourth-order valence-corrected chi connectivity index (χ4v) is 1.58. The molecule has 0 saturated heterocycles. The monoisotopic (exact) mass is 305 g/mol. The molecular weight excluding hydrogens is 274 g/mol. The molecule has 0 aromatic heterocycles. The van der Waals surface area contributed by atoms with E-state index in [0.717, 1.165) is 0 Å². The van der Waals surface area contributed by atoms with Gasteiger partial charge in [-0.25, -0.2) is 4.79 Å². The van der Waals surface area contributed by atoms with Gasteiger partial charge in [0.05, 0.1) is 5.56 Å². The number of unbranched alkanes of at least 4 members (excludes halogenated alkanes) is 5. The summed E-state index contributed by atoms with van der Waals surface area (Å²) in [6.45, 7) is 11.2. The first-order valence-electron chi connectivity index (χ1n) is 7.80. The lowest BCUT2D eigenvalue weighted by molar-refractivity contribution is 0.0698. The van der Waals surface area contributed by atoms with Crippen molar-refractivity contribution < 1.29 is 9.90 Å². The summed E-state index contributed by atoms with van der Waals surface area (Å²) in [6.07, 6.45) is 11.8. The second-order valence-electron chi connectivity index (χ2n) is 4.79. The molecule has 0 aliphatic carbocycles. The van der Waals surface area contributed by atoms with Crippen LogP contribution in [0, 0.1) is 0 Å². The Morgan fingerprint density at radius 3 is 2.14 bits per heavy atom. The predicted octanol–water partition coefficient (Wildman–Crippen LogP) is 5.69. The minimum atomic E-state index is -0.988. The summed E-state index contributed by atoms with van der Waals surface area (Å²) in [6, 6.07) is 6.36. The van der Waals surface area contributed by atoms with Crippen LogP contribution in [0.5, 0.6) is 0 Å². The summed E-state index contributed by atoms with van der Waals surface area (Å²) in [5, 5.41) is 8.49. The van der Waals surface area contributed by atoms with Crippen LogP contribution in [0.4, 0.5) is 5.69 Å². The molecule has 0 spiro atoms. The van der Waals surface area contributed by atoms with Gasteiger partial charge in [-0.2, -0.15) is 0 Å². The smallest absolute Gasteiger partial charge is 0.337 e. The van der Waals surface area contributed by atoms with Crippen LogP contribution in [0.1, 0.15) is 62.7 Å². The zero-order valence-corrected chi connectivity index (χ0v) is 14.1. The summed E-state index contributed by atoms with van der Waals surface area (Å²) in [7, 11) is 0. The number of benzene rings is 1. The topological polar surface area (TPSA) is 63.3 Å². The summed E-state index contributed by atoms with van der Waals surface area (Å²) in [5.41, 5.74) is 5.80. The Labute approximate surface area is 135 Å². The van der Waals surface area contributed by atoms with Crippen LogP contribution in [0.2, 0.25) is 0 Å². The minimum Gasteiger partial charge on any atom is -0.478 e. The van der Waals surface area contributed by atoms with E-state index < -0.39 is 5.97 Å². The molecule has 0 aliphatic rings. The Morgan fingerprint density at radius 1 is 1.18 bits per heavy atom. The quantitative estimate of drug-likeness (QED) is 0.386. The van der Waals surface area contributed by atoms with Crippen molar-refractivity contribution in [3.63, 3.8) is 0 Å². The van der Waals surface area contributed by atoms with Gasteiger partial charge in [-0.15, -0.1) is 13.2 Å². The van der Waals surface area contributed by atoms with Gasteiger partial charge in [-0.1, -0.05) is 56.9 Å². The molecular formula is C19H31NO2. The average Bonchev–Trinajstić information content (AvgIpc) is 2.49. The summed E-state index contributed by atoms with van der Waals surface area (Å²) < 4.78 is 0. The third-order valence-corrected chi connectivity index (χ3v) is 2.70. The van der Waals surface area contributed by atoms with E-state index in [-0.39, 0.29) is 5.56 Å². The van der Waals surface area contributed by atoms with Gasteiger partial charge in [-0.3, -0.25) is 0 Å². The molecule has 0 fully saturated rings. The maximum absolute atomic E-state index is 10.3. The second kappa shape index (κ2) is 17.0. The van der Waals surface area contributed by atoms with E-state index in [2.05, 4.69) is 20.1 Å². The van der Waals surface area contributed by atoms with Crippen molar-refractivity contribution in [2.45, 2.75) is 52.4 Å². The van der Waals surface area contributed by atoms with E-state index in [4.69, 9.17) is 10.8 Å². The van der Waals surface area contributed by atoms with Gasteiger partial charge in [0, 0.05) is 5.69 Å². The molecule has 0 saturated carbocycles. The SMILES string of the molecule is C=CC.C=CCCCCCCC.Nc1ccccc1C(=O)O. The molecule has 0 heterocycles. The molecule has 1 rings (SSSR count). The molecule has 3 heteroatoms. The maximum atomic E-state index is 10.3. The van der Waals surface area contributed by atoms with E-state index in [0.29, 0.717) is 5.69 Å². The Bertz CT molecular complexity index is 414. The molecule has 1 aromatic rings. The van der Waals surface area contributed by atoms with Crippen molar-refractivity contribution in [1.29, 1.82) is 0 Å². The van der Waals surface area contributed by atoms with E-state index in [1.165, 1.54) is 44.6 Å². The van der Waals surface area contributed by atoms with Crippen molar-refractivity contribution >= 4 is 11.7 Å². The number of allylic oxidation sites excluding steroid dienone is 2. The lowest BCUT2D eigenvalue weighted by Gasteiger charge is -1.96. The molecule has 3 N–H and O–H groups in total. The Balaban J connectivity index is 0. The highest BCUT2D eigenvalue weighted by atomic mass is 16.4. The van der Waals surface area contributed by atoms with E-state index in [1.807, 2.05) is 13.0 Å². The fourth-order valence-electron chi connectivity index (χ4n) is 1.58.